The van der Waals surface area contributed by atoms with Crippen molar-refractivity contribution in [2.45, 2.75) is 57.7 Å². The summed E-state index contributed by atoms with van der Waals surface area (Å²) in [5.41, 5.74) is 0.267. The van der Waals surface area contributed by atoms with Crippen LogP contribution in [0.3, 0.4) is 0 Å². The highest BCUT2D eigenvalue weighted by Crippen LogP contribution is 2.31. The van der Waals surface area contributed by atoms with Crippen LogP contribution in [0.2, 0.25) is 0 Å². The van der Waals surface area contributed by atoms with E-state index in [4.69, 9.17) is 4.74 Å². The number of alkyl halides is 4. The number of halogens is 4. The van der Waals surface area contributed by atoms with Gasteiger partial charge in [-0.1, -0.05) is 32.3 Å². The molecule has 0 radical (unpaired) electrons. The molecule has 1 unspecified atom stereocenters. The molecular formula is C17H21F4NO3. The normalized spacial score (nSPS) is 17.9. The Kier molecular flexibility index (Phi) is 6.50. The molecule has 1 aliphatic rings. The van der Waals surface area contributed by atoms with Crippen LogP contribution in [0.4, 0.5) is 28.0 Å². The van der Waals surface area contributed by atoms with Gasteiger partial charge in [-0.2, -0.15) is 17.6 Å². The Morgan fingerprint density at radius 3 is 2.76 bits per heavy atom. The second-order valence-corrected chi connectivity index (χ2v) is 5.93. The predicted molar refractivity (Wildman–Crippen MR) is 84.4 cm³/mol. The van der Waals surface area contributed by atoms with Crippen molar-refractivity contribution in [1.29, 1.82) is 0 Å². The van der Waals surface area contributed by atoms with E-state index in [9.17, 15) is 22.4 Å². The van der Waals surface area contributed by atoms with E-state index < -0.39 is 24.4 Å². The van der Waals surface area contributed by atoms with Gasteiger partial charge in [0.15, 0.2) is 0 Å². The lowest BCUT2D eigenvalue weighted by atomic mass is 10.1. The highest BCUT2D eigenvalue weighted by Gasteiger charge is 2.44. The number of carbonyl (C=O) groups is 1. The number of unbranched alkanes of at least 4 members (excludes halogenated alkanes) is 3. The minimum atomic E-state index is -4.59. The molecule has 1 heterocycles. The molecule has 0 aromatic heterocycles. The van der Waals surface area contributed by atoms with Gasteiger partial charge in [0.05, 0.1) is 12.2 Å². The number of cyclic esters (lactones) is 1. The lowest BCUT2D eigenvalue weighted by Gasteiger charge is -2.19. The van der Waals surface area contributed by atoms with E-state index in [2.05, 4.69) is 11.7 Å². The maximum atomic E-state index is 13.0. The standard InChI is InChI=1S/C17H21F4NO3/c1-2-3-4-5-8-14-11-22(16(23)24-14)12-7-6-9-13(10-12)25-17(20,21)15(18)19/h6-7,9-10,14-15H,2-5,8,11H2,1H3. The van der Waals surface area contributed by atoms with E-state index >= 15 is 0 Å². The van der Waals surface area contributed by atoms with Crippen molar-refractivity contribution >= 4 is 11.8 Å². The number of carbonyl (C=O) groups excluding carboxylic acids is 1. The van der Waals surface area contributed by atoms with E-state index in [1.165, 1.54) is 17.0 Å². The van der Waals surface area contributed by atoms with Crippen LogP contribution in [0.15, 0.2) is 24.3 Å². The summed E-state index contributed by atoms with van der Waals surface area (Å²) < 4.78 is 59.8. The number of nitrogens with zero attached hydrogens (tertiary/aromatic N) is 1. The number of anilines is 1. The molecule has 1 aromatic carbocycles. The van der Waals surface area contributed by atoms with Crippen LogP contribution in [-0.4, -0.2) is 31.3 Å². The molecule has 25 heavy (non-hydrogen) atoms. The van der Waals surface area contributed by atoms with Crippen molar-refractivity contribution < 1.29 is 31.8 Å². The van der Waals surface area contributed by atoms with Gasteiger partial charge in [0.1, 0.15) is 11.9 Å². The van der Waals surface area contributed by atoms with Crippen molar-refractivity contribution in [3.8, 4) is 5.75 Å². The maximum absolute atomic E-state index is 13.0. The molecule has 0 saturated carbocycles. The van der Waals surface area contributed by atoms with Crippen molar-refractivity contribution in [3.63, 3.8) is 0 Å². The SMILES string of the molecule is CCCCCCC1CN(c2cccc(OC(F)(F)C(F)F)c2)C(=O)O1. The van der Waals surface area contributed by atoms with E-state index in [-0.39, 0.29) is 11.8 Å². The summed E-state index contributed by atoms with van der Waals surface area (Å²) >= 11 is 0. The van der Waals surface area contributed by atoms with E-state index in [0.29, 0.717) is 6.54 Å². The fourth-order valence-electron chi connectivity index (χ4n) is 2.60. The molecule has 1 amide bonds. The van der Waals surface area contributed by atoms with Crippen LogP contribution in [0.1, 0.15) is 39.0 Å². The van der Waals surface area contributed by atoms with Gasteiger partial charge in [-0.3, -0.25) is 4.90 Å². The average molecular weight is 363 g/mol. The molecule has 1 atom stereocenters. The number of hydrogen-bond donors (Lipinski definition) is 0. The number of benzene rings is 1. The molecule has 0 bridgehead atoms. The van der Waals surface area contributed by atoms with Crippen molar-refractivity contribution in [3.05, 3.63) is 24.3 Å². The number of hydrogen-bond acceptors (Lipinski definition) is 3. The predicted octanol–water partition coefficient (Wildman–Crippen LogP) is 5.22. The second kappa shape index (κ2) is 8.40. The summed E-state index contributed by atoms with van der Waals surface area (Å²) in [4.78, 5) is 13.3. The average Bonchev–Trinajstić information content (AvgIpc) is 2.92. The summed E-state index contributed by atoms with van der Waals surface area (Å²) in [5, 5.41) is 0. The van der Waals surface area contributed by atoms with Gasteiger partial charge >= 0.3 is 18.6 Å². The highest BCUT2D eigenvalue weighted by atomic mass is 19.3. The van der Waals surface area contributed by atoms with Gasteiger partial charge < -0.3 is 9.47 Å². The van der Waals surface area contributed by atoms with Crippen LogP contribution in [0.5, 0.6) is 5.75 Å². The van der Waals surface area contributed by atoms with E-state index in [1.54, 1.807) is 0 Å². The molecule has 2 rings (SSSR count). The molecule has 0 N–H and O–H groups in total. The van der Waals surface area contributed by atoms with Crippen LogP contribution < -0.4 is 9.64 Å². The summed E-state index contributed by atoms with van der Waals surface area (Å²) in [6.45, 7) is 2.39. The Morgan fingerprint density at radius 2 is 2.08 bits per heavy atom. The van der Waals surface area contributed by atoms with Gasteiger partial charge in [0, 0.05) is 6.07 Å². The molecule has 0 aliphatic carbocycles. The summed E-state index contributed by atoms with van der Waals surface area (Å²) in [7, 11) is 0. The molecular weight excluding hydrogens is 342 g/mol. The van der Waals surface area contributed by atoms with Crippen molar-refractivity contribution in [2.24, 2.45) is 0 Å². The number of ether oxygens (including phenoxy) is 2. The first-order valence-corrected chi connectivity index (χ1v) is 8.26. The summed E-state index contributed by atoms with van der Waals surface area (Å²) in [6.07, 6.45) is -4.46. The maximum Gasteiger partial charge on any atom is 0.461 e. The topological polar surface area (TPSA) is 38.8 Å². The minimum absolute atomic E-state index is 0.267. The quantitative estimate of drug-likeness (QED) is 0.446. The number of rotatable bonds is 9. The smallest absolute Gasteiger partial charge is 0.444 e. The Labute approximate surface area is 143 Å². The zero-order chi connectivity index (χ0) is 18.4. The Hall–Kier alpha value is -1.99. The largest absolute Gasteiger partial charge is 0.461 e. The van der Waals surface area contributed by atoms with Crippen LogP contribution in [0.25, 0.3) is 0 Å². The van der Waals surface area contributed by atoms with Gasteiger partial charge in [0.2, 0.25) is 0 Å². The fourth-order valence-corrected chi connectivity index (χ4v) is 2.60. The zero-order valence-corrected chi connectivity index (χ0v) is 13.9. The van der Waals surface area contributed by atoms with Crippen molar-refractivity contribution in [2.75, 3.05) is 11.4 Å². The number of amides is 1. The lowest BCUT2D eigenvalue weighted by Crippen LogP contribution is -2.33. The lowest BCUT2D eigenvalue weighted by molar-refractivity contribution is -0.253. The second-order valence-electron chi connectivity index (χ2n) is 5.93. The summed E-state index contributed by atoms with van der Waals surface area (Å²) in [6, 6.07) is 5.11. The molecule has 140 valence electrons. The molecule has 1 aromatic rings. The minimum Gasteiger partial charge on any atom is -0.444 e. The van der Waals surface area contributed by atoms with Gasteiger partial charge in [0.25, 0.3) is 0 Å². The molecule has 0 spiro atoms. The Bertz CT molecular complexity index is 583. The zero-order valence-electron chi connectivity index (χ0n) is 13.9. The molecule has 1 aliphatic heterocycles. The summed E-state index contributed by atoms with van der Waals surface area (Å²) in [5.74, 6) is -0.443. The first-order valence-electron chi connectivity index (χ1n) is 8.26. The van der Waals surface area contributed by atoms with Gasteiger partial charge in [-0.05, 0) is 25.0 Å². The third kappa shape index (κ3) is 5.24. The molecule has 1 fully saturated rings. The van der Waals surface area contributed by atoms with Crippen LogP contribution in [-0.2, 0) is 4.74 Å². The molecule has 4 nitrogen and oxygen atoms in total. The van der Waals surface area contributed by atoms with Crippen molar-refractivity contribution in [1.82, 2.24) is 0 Å². The molecule has 8 heteroatoms. The fraction of sp³-hybridized carbons (Fsp3) is 0.588. The third-order valence-corrected chi connectivity index (χ3v) is 3.89. The monoisotopic (exact) mass is 363 g/mol. The van der Waals surface area contributed by atoms with E-state index in [0.717, 1.165) is 44.2 Å². The Morgan fingerprint density at radius 1 is 1.32 bits per heavy atom. The first kappa shape index (κ1) is 19.3. The van der Waals surface area contributed by atoms with Gasteiger partial charge in [-0.15, -0.1) is 0 Å². The van der Waals surface area contributed by atoms with Crippen LogP contribution in [0, 0.1) is 0 Å². The Balaban J connectivity index is 1.99. The van der Waals surface area contributed by atoms with E-state index in [1.807, 2.05) is 0 Å². The third-order valence-electron chi connectivity index (χ3n) is 3.89. The van der Waals surface area contributed by atoms with Crippen LogP contribution >= 0.6 is 0 Å². The molecule has 1 saturated heterocycles. The first-order chi connectivity index (χ1) is 11.8. The highest BCUT2D eigenvalue weighted by molar-refractivity contribution is 5.89. The van der Waals surface area contributed by atoms with Gasteiger partial charge in [-0.25, -0.2) is 4.79 Å².